The van der Waals surface area contributed by atoms with E-state index in [4.69, 9.17) is 0 Å². The molecule has 0 atom stereocenters. The summed E-state index contributed by atoms with van der Waals surface area (Å²) in [5.41, 5.74) is 23.4. The maximum absolute atomic E-state index is 4.55. The molecule has 0 N–H and O–H groups in total. The second-order valence-electron chi connectivity index (χ2n) is 18.3. The number of benzene rings is 11. The molecule has 12 aromatic rings. The van der Waals surface area contributed by atoms with E-state index >= 15 is 0 Å². The van der Waals surface area contributed by atoms with Crippen molar-refractivity contribution < 1.29 is 20.1 Å². The zero-order valence-electron chi connectivity index (χ0n) is 41.6. The van der Waals surface area contributed by atoms with Crippen LogP contribution in [0.4, 0.5) is 17.1 Å². The SMILES string of the molecule is Cc1cc(-c2[c-]cccc2)ncc1-c1ccccc1.[Ir].c1ccc(-c2cccc(-c3ccc(N(c4ccc(-c5cccc(-c6ccccc6)c5)cc4)c4ccc(-c5cccc(-c6ccccc6)c5)cc4)cc3)c2)cc1. The Bertz CT molecular complexity index is 3430. The number of hydrogen-bond donors (Lipinski definition) is 0. The number of pyridine rings is 1. The number of nitrogens with zero attached hydrogens (tertiary/aromatic N) is 2. The van der Waals surface area contributed by atoms with Crippen LogP contribution >= 0.6 is 0 Å². The third kappa shape index (κ3) is 11.8. The van der Waals surface area contributed by atoms with Gasteiger partial charge in [-0.1, -0.05) is 218 Å². The predicted octanol–water partition coefficient (Wildman–Crippen LogP) is 19.7. The Labute approximate surface area is 455 Å². The van der Waals surface area contributed by atoms with Crippen molar-refractivity contribution in [2.75, 3.05) is 4.90 Å². The maximum atomic E-state index is 4.55. The summed E-state index contributed by atoms with van der Waals surface area (Å²) in [4.78, 5) is 6.90. The molecule has 0 aliphatic heterocycles. The summed E-state index contributed by atoms with van der Waals surface area (Å²) in [6.07, 6.45) is 1.95. The first-order chi connectivity index (χ1) is 36.6. The zero-order chi connectivity index (χ0) is 49.9. The fourth-order valence-corrected chi connectivity index (χ4v) is 9.56. The van der Waals surface area contributed by atoms with E-state index in [0.29, 0.717) is 0 Å². The van der Waals surface area contributed by atoms with E-state index in [-0.39, 0.29) is 20.1 Å². The average Bonchev–Trinajstić information content (AvgIpc) is 3.49. The Hall–Kier alpha value is -8.98. The molecule has 12 rings (SSSR count). The normalized spacial score (nSPS) is 10.6. The molecule has 0 bridgehead atoms. The van der Waals surface area contributed by atoms with Gasteiger partial charge in [-0.3, -0.25) is 0 Å². The van der Waals surface area contributed by atoms with E-state index in [1.165, 1.54) is 83.5 Å². The fraction of sp³-hybridized carbons (Fsp3) is 0.0139. The minimum absolute atomic E-state index is 0. The molecule has 2 nitrogen and oxygen atoms in total. The Morgan fingerprint density at radius 3 is 0.920 bits per heavy atom. The molecular weight excluding hydrogens is 1090 g/mol. The van der Waals surface area contributed by atoms with Crippen LogP contribution in [0.1, 0.15) is 5.56 Å². The summed E-state index contributed by atoms with van der Waals surface area (Å²) in [6.45, 7) is 2.12. The van der Waals surface area contributed by atoms with E-state index in [2.05, 4.69) is 278 Å². The van der Waals surface area contributed by atoms with Gasteiger partial charge in [-0.15, -0.1) is 35.9 Å². The first kappa shape index (κ1) is 49.6. The molecular formula is C72H53IrN2-. The van der Waals surface area contributed by atoms with Gasteiger partial charge in [0.15, 0.2) is 0 Å². The minimum Gasteiger partial charge on any atom is -0.311 e. The molecule has 75 heavy (non-hydrogen) atoms. The van der Waals surface area contributed by atoms with Crippen molar-refractivity contribution >= 4 is 17.1 Å². The van der Waals surface area contributed by atoms with Crippen molar-refractivity contribution in [1.29, 1.82) is 0 Å². The van der Waals surface area contributed by atoms with E-state index in [9.17, 15) is 0 Å². The third-order valence-electron chi connectivity index (χ3n) is 13.5. The van der Waals surface area contributed by atoms with Crippen LogP contribution in [0, 0.1) is 13.0 Å². The van der Waals surface area contributed by atoms with Crippen LogP contribution < -0.4 is 4.90 Å². The van der Waals surface area contributed by atoms with Gasteiger partial charge in [0.1, 0.15) is 0 Å². The second-order valence-corrected chi connectivity index (χ2v) is 18.3. The Morgan fingerprint density at radius 2 is 0.600 bits per heavy atom. The standard InChI is InChI=1S/C54H39N.C18H14N.Ir/c1-4-13-40(14-5-1)46-19-10-22-49(37-46)43-25-31-52(32-26-43)55(53-33-27-44(28-34-53)50-23-11-20-47(38-50)41-15-6-2-7-16-41)54-35-29-45(30-36-54)51-24-12-21-48(39-51)42-17-8-3-9-18-42;1-14-12-18(16-10-6-3-7-11-16)19-13-17(14)15-8-4-2-5-9-15;/h1-39H;2-10,12-13H,1H3;/q;-1;. The van der Waals surface area contributed by atoms with Gasteiger partial charge >= 0.3 is 0 Å². The van der Waals surface area contributed by atoms with Crippen molar-refractivity contribution in [1.82, 2.24) is 4.98 Å². The molecule has 0 saturated carbocycles. The average molecular weight is 1140 g/mol. The smallest absolute Gasteiger partial charge is 0.0462 e. The van der Waals surface area contributed by atoms with Gasteiger partial charge in [0, 0.05) is 48.9 Å². The van der Waals surface area contributed by atoms with E-state index < -0.39 is 0 Å². The minimum atomic E-state index is 0. The van der Waals surface area contributed by atoms with Gasteiger partial charge in [0.25, 0.3) is 0 Å². The number of anilines is 3. The summed E-state index contributed by atoms with van der Waals surface area (Å²) < 4.78 is 0. The third-order valence-corrected chi connectivity index (χ3v) is 13.5. The number of aromatic nitrogens is 1. The molecule has 11 aromatic carbocycles. The second kappa shape index (κ2) is 23.7. The van der Waals surface area contributed by atoms with E-state index in [1.807, 2.05) is 48.7 Å². The van der Waals surface area contributed by atoms with Crippen LogP contribution in [0.15, 0.2) is 303 Å². The van der Waals surface area contributed by atoms with Crippen molar-refractivity contribution in [3.63, 3.8) is 0 Å². The Kier molecular flexibility index (Phi) is 15.7. The molecule has 0 fully saturated rings. The van der Waals surface area contributed by atoms with Gasteiger partial charge < -0.3 is 9.88 Å². The van der Waals surface area contributed by atoms with E-state index in [1.54, 1.807) is 0 Å². The van der Waals surface area contributed by atoms with Crippen molar-refractivity contribution in [2.24, 2.45) is 0 Å². The number of aryl methyl sites for hydroxylation is 1. The van der Waals surface area contributed by atoms with Crippen molar-refractivity contribution in [3.8, 4) is 89.1 Å². The fourth-order valence-electron chi connectivity index (χ4n) is 9.56. The van der Waals surface area contributed by atoms with Crippen molar-refractivity contribution in [2.45, 2.75) is 6.92 Å². The predicted molar refractivity (Wildman–Crippen MR) is 312 cm³/mol. The van der Waals surface area contributed by atoms with Crippen LogP contribution in [0.3, 0.4) is 0 Å². The summed E-state index contributed by atoms with van der Waals surface area (Å²) in [7, 11) is 0. The van der Waals surface area contributed by atoms with E-state index in [0.717, 1.165) is 28.3 Å². The Morgan fingerprint density at radius 1 is 0.293 bits per heavy atom. The molecule has 0 amide bonds. The molecule has 361 valence electrons. The van der Waals surface area contributed by atoms with Crippen LogP contribution in [0.2, 0.25) is 0 Å². The Balaban J connectivity index is 0.000000269. The van der Waals surface area contributed by atoms with Crippen molar-refractivity contribution in [3.05, 3.63) is 315 Å². The molecule has 0 saturated heterocycles. The molecule has 0 aliphatic rings. The summed E-state index contributed by atoms with van der Waals surface area (Å²) in [5, 5.41) is 0. The topological polar surface area (TPSA) is 16.1 Å². The maximum Gasteiger partial charge on any atom is 0.0462 e. The quantitative estimate of drug-likeness (QED) is 0.120. The van der Waals surface area contributed by atoms with Gasteiger partial charge in [0.2, 0.25) is 0 Å². The molecule has 0 unspecified atom stereocenters. The van der Waals surface area contributed by atoms with Crippen LogP contribution in [-0.2, 0) is 20.1 Å². The summed E-state index contributed by atoms with van der Waals surface area (Å²) in [6, 6.07) is 109. The summed E-state index contributed by atoms with van der Waals surface area (Å²) in [5.74, 6) is 0. The van der Waals surface area contributed by atoms with Crippen LogP contribution in [0.25, 0.3) is 89.1 Å². The monoisotopic (exact) mass is 1140 g/mol. The first-order valence-corrected chi connectivity index (χ1v) is 25.2. The van der Waals surface area contributed by atoms with Gasteiger partial charge in [0.05, 0.1) is 0 Å². The summed E-state index contributed by atoms with van der Waals surface area (Å²) >= 11 is 0. The van der Waals surface area contributed by atoms with Gasteiger partial charge in [-0.2, -0.15) is 0 Å². The molecule has 1 aromatic heterocycles. The van der Waals surface area contributed by atoms with Gasteiger partial charge in [-0.05, 0) is 145 Å². The van der Waals surface area contributed by atoms with Crippen LogP contribution in [-0.4, -0.2) is 4.98 Å². The molecule has 1 heterocycles. The number of hydrogen-bond acceptors (Lipinski definition) is 2. The molecule has 3 heteroatoms. The number of rotatable bonds is 11. The molecule has 0 spiro atoms. The largest absolute Gasteiger partial charge is 0.311 e. The zero-order valence-corrected chi connectivity index (χ0v) is 44.0. The van der Waals surface area contributed by atoms with Gasteiger partial charge in [-0.25, -0.2) is 0 Å². The molecule has 1 radical (unpaired) electrons. The van der Waals surface area contributed by atoms with Crippen LogP contribution in [0.5, 0.6) is 0 Å². The first-order valence-electron chi connectivity index (χ1n) is 25.2. The molecule has 0 aliphatic carbocycles.